The fourth-order valence-electron chi connectivity index (χ4n) is 2.95. The predicted octanol–water partition coefficient (Wildman–Crippen LogP) is 2.52. The molecular weight excluding hydrogens is 276 g/mol. The van der Waals surface area contributed by atoms with E-state index in [0.29, 0.717) is 11.5 Å². The summed E-state index contributed by atoms with van der Waals surface area (Å²) in [7, 11) is 1.77. The molecule has 2 aromatic rings. The van der Waals surface area contributed by atoms with Crippen molar-refractivity contribution in [2.75, 3.05) is 7.05 Å². The maximum Gasteiger partial charge on any atom is 0.256 e. The smallest absolute Gasteiger partial charge is 0.256 e. The highest BCUT2D eigenvalue weighted by Gasteiger charge is 2.36. The van der Waals surface area contributed by atoms with Gasteiger partial charge in [0.2, 0.25) is 0 Å². The summed E-state index contributed by atoms with van der Waals surface area (Å²) in [6.45, 7) is 0. The number of aliphatic hydroxyl groups is 1. The quantitative estimate of drug-likeness (QED) is 0.943. The molecule has 1 N–H and O–H groups in total. The van der Waals surface area contributed by atoms with E-state index in [0.717, 1.165) is 12.8 Å². The van der Waals surface area contributed by atoms with Crippen LogP contribution in [0.5, 0.6) is 0 Å². The number of hydrogen-bond acceptors (Lipinski definition) is 3. The Morgan fingerprint density at radius 2 is 1.95 bits per heavy atom. The van der Waals surface area contributed by atoms with Gasteiger partial charge >= 0.3 is 0 Å². The van der Waals surface area contributed by atoms with Gasteiger partial charge in [-0.1, -0.05) is 36.4 Å². The Morgan fingerprint density at radius 3 is 2.59 bits per heavy atom. The minimum absolute atomic E-state index is 0.198. The minimum atomic E-state index is -1.13. The number of carbonyl (C=O) groups is 1. The van der Waals surface area contributed by atoms with Gasteiger partial charge in [-0.2, -0.15) is 0 Å². The zero-order chi connectivity index (χ0) is 15.5. The SMILES string of the molecule is CN(C(=O)C(O)c1cccnc1)C1CC(c2ccccc2)C1. The fourth-order valence-corrected chi connectivity index (χ4v) is 2.95. The number of likely N-dealkylation sites (N-methyl/N-ethyl adjacent to an activating group) is 1. The van der Waals surface area contributed by atoms with E-state index >= 15 is 0 Å². The zero-order valence-corrected chi connectivity index (χ0v) is 12.6. The van der Waals surface area contributed by atoms with Gasteiger partial charge in [-0.25, -0.2) is 0 Å². The molecule has 1 atom stereocenters. The molecule has 1 unspecified atom stereocenters. The summed E-state index contributed by atoms with van der Waals surface area (Å²) in [5, 5.41) is 10.2. The van der Waals surface area contributed by atoms with Gasteiger partial charge in [-0.15, -0.1) is 0 Å². The highest BCUT2D eigenvalue weighted by Crippen LogP contribution is 2.39. The Kier molecular flexibility index (Phi) is 4.20. The molecule has 1 aliphatic rings. The second-order valence-electron chi connectivity index (χ2n) is 5.87. The minimum Gasteiger partial charge on any atom is -0.378 e. The molecule has 0 radical (unpaired) electrons. The van der Waals surface area contributed by atoms with Crippen LogP contribution in [0.2, 0.25) is 0 Å². The van der Waals surface area contributed by atoms with Crippen LogP contribution in [0.15, 0.2) is 54.9 Å². The molecule has 0 saturated heterocycles. The van der Waals surface area contributed by atoms with Crippen LogP contribution in [0.4, 0.5) is 0 Å². The van der Waals surface area contributed by atoms with Crippen molar-refractivity contribution < 1.29 is 9.90 Å². The van der Waals surface area contributed by atoms with Crippen LogP contribution in [0, 0.1) is 0 Å². The Morgan fingerprint density at radius 1 is 1.23 bits per heavy atom. The van der Waals surface area contributed by atoms with Crippen LogP contribution in [0.25, 0.3) is 0 Å². The maximum atomic E-state index is 12.4. The highest BCUT2D eigenvalue weighted by atomic mass is 16.3. The van der Waals surface area contributed by atoms with Gasteiger partial charge in [0.1, 0.15) is 0 Å². The molecule has 1 heterocycles. The number of aromatic nitrogens is 1. The van der Waals surface area contributed by atoms with Gasteiger partial charge in [0.05, 0.1) is 0 Å². The van der Waals surface area contributed by atoms with E-state index in [9.17, 15) is 9.90 Å². The lowest BCUT2D eigenvalue weighted by atomic mass is 9.75. The first-order valence-corrected chi connectivity index (χ1v) is 7.56. The number of nitrogens with zero attached hydrogens (tertiary/aromatic N) is 2. The first-order chi connectivity index (χ1) is 10.7. The van der Waals surface area contributed by atoms with Gasteiger partial charge in [0.25, 0.3) is 5.91 Å². The fraction of sp³-hybridized carbons (Fsp3) is 0.333. The number of amides is 1. The zero-order valence-electron chi connectivity index (χ0n) is 12.6. The molecule has 1 aliphatic carbocycles. The third kappa shape index (κ3) is 2.88. The normalized spacial score (nSPS) is 21.7. The number of benzene rings is 1. The monoisotopic (exact) mass is 296 g/mol. The van der Waals surface area contributed by atoms with Crippen molar-refractivity contribution in [3.05, 3.63) is 66.0 Å². The van der Waals surface area contributed by atoms with Crippen molar-refractivity contribution in [1.82, 2.24) is 9.88 Å². The van der Waals surface area contributed by atoms with Crippen LogP contribution in [0.1, 0.15) is 36.0 Å². The summed E-state index contributed by atoms with van der Waals surface area (Å²) in [6, 6.07) is 14.0. The molecule has 22 heavy (non-hydrogen) atoms. The van der Waals surface area contributed by atoms with Gasteiger partial charge in [-0.05, 0) is 30.4 Å². The lowest BCUT2D eigenvalue weighted by Gasteiger charge is -2.42. The first-order valence-electron chi connectivity index (χ1n) is 7.56. The summed E-state index contributed by atoms with van der Waals surface area (Å²) < 4.78 is 0. The summed E-state index contributed by atoms with van der Waals surface area (Å²) >= 11 is 0. The largest absolute Gasteiger partial charge is 0.378 e. The van der Waals surface area contributed by atoms with E-state index in [1.54, 1.807) is 30.3 Å². The molecule has 1 aromatic carbocycles. The summed E-state index contributed by atoms with van der Waals surface area (Å²) in [5.41, 5.74) is 1.87. The first kappa shape index (κ1) is 14.7. The van der Waals surface area contributed by atoms with Crippen molar-refractivity contribution in [3.8, 4) is 0 Å². The van der Waals surface area contributed by atoms with Crippen LogP contribution in [-0.4, -0.2) is 34.0 Å². The maximum absolute atomic E-state index is 12.4. The number of rotatable bonds is 4. The second-order valence-corrected chi connectivity index (χ2v) is 5.87. The Labute approximate surface area is 130 Å². The van der Waals surface area contributed by atoms with Gasteiger partial charge in [0.15, 0.2) is 6.10 Å². The van der Waals surface area contributed by atoms with Crippen molar-refractivity contribution in [3.63, 3.8) is 0 Å². The number of carbonyl (C=O) groups excluding carboxylic acids is 1. The average Bonchev–Trinajstić information content (AvgIpc) is 2.54. The van der Waals surface area contributed by atoms with E-state index < -0.39 is 6.10 Å². The number of aliphatic hydroxyl groups excluding tert-OH is 1. The lowest BCUT2D eigenvalue weighted by molar-refractivity contribution is -0.143. The van der Waals surface area contributed by atoms with Crippen LogP contribution >= 0.6 is 0 Å². The molecule has 0 bridgehead atoms. The molecule has 1 amide bonds. The molecule has 4 heteroatoms. The third-order valence-electron chi connectivity index (χ3n) is 4.51. The molecule has 114 valence electrons. The Bertz CT molecular complexity index is 624. The summed E-state index contributed by atoms with van der Waals surface area (Å²) in [5.74, 6) is 0.251. The van der Waals surface area contributed by atoms with E-state index in [-0.39, 0.29) is 11.9 Å². The predicted molar refractivity (Wildman–Crippen MR) is 84.2 cm³/mol. The van der Waals surface area contributed by atoms with Gasteiger partial charge < -0.3 is 10.0 Å². The molecule has 1 aromatic heterocycles. The Balaban J connectivity index is 1.59. The Hall–Kier alpha value is -2.20. The van der Waals surface area contributed by atoms with E-state index in [2.05, 4.69) is 17.1 Å². The van der Waals surface area contributed by atoms with Crippen molar-refractivity contribution in [2.24, 2.45) is 0 Å². The van der Waals surface area contributed by atoms with Gasteiger partial charge in [0, 0.05) is 31.0 Å². The molecular formula is C18H20N2O2. The molecule has 1 saturated carbocycles. The lowest BCUT2D eigenvalue weighted by Crippen LogP contribution is -2.46. The molecule has 3 rings (SSSR count). The van der Waals surface area contributed by atoms with Crippen molar-refractivity contribution in [2.45, 2.75) is 30.9 Å². The topological polar surface area (TPSA) is 53.4 Å². The molecule has 0 aliphatic heterocycles. The number of hydrogen-bond donors (Lipinski definition) is 1. The van der Waals surface area contributed by atoms with E-state index in [1.807, 2.05) is 18.2 Å². The average molecular weight is 296 g/mol. The number of pyridine rings is 1. The summed E-state index contributed by atoms with van der Waals surface area (Å²) in [6.07, 6.45) is 3.93. The van der Waals surface area contributed by atoms with Crippen LogP contribution in [-0.2, 0) is 4.79 Å². The molecule has 1 fully saturated rings. The van der Waals surface area contributed by atoms with Crippen molar-refractivity contribution in [1.29, 1.82) is 0 Å². The van der Waals surface area contributed by atoms with E-state index in [4.69, 9.17) is 0 Å². The second kappa shape index (κ2) is 6.28. The standard InChI is InChI=1S/C18H20N2O2/c1-20(18(22)17(21)14-8-5-9-19-12-14)16-10-15(11-16)13-6-3-2-4-7-13/h2-9,12,15-17,21H,10-11H2,1H3. The molecule has 4 nitrogen and oxygen atoms in total. The van der Waals surface area contributed by atoms with Crippen molar-refractivity contribution >= 4 is 5.91 Å². The van der Waals surface area contributed by atoms with Gasteiger partial charge in [-0.3, -0.25) is 9.78 Å². The van der Waals surface area contributed by atoms with E-state index in [1.165, 1.54) is 11.8 Å². The highest BCUT2D eigenvalue weighted by molar-refractivity contribution is 5.82. The van der Waals surface area contributed by atoms with Crippen LogP contribution in [0.3, 0.4) is 0 Å². The molecule has 0 spiro atoms. The summed E-state index contributed by atoms with van der Waals surface area (Å²) in [4.78, 5) is 18.0. The third-order valence-corrected chi connectivity index (χ3v) is 4.51. The van der Waals surface area contributed by atoms with Crippen LogP contribution < -0.4 is 0 Å².